The van der Waals surface area contributed by atoms with Crippen LogP contribution in [0.5, 0.6) is 0 Å². The molecule has 0 spiro atoms. The number of nitrogens with one attached hydrogen (secondary N) is 1. The average Bonchev–Trinajstić information content (AvgIpc) is 2.89. The third-order valence-electron chi connectivity index (χ3n) is 2.89. The fourth-order valence-corrected chi connectivity index (χ4v) is 1.96. The van der Waals surface area contributed by atoms with Gasteiger partial charge in [-0.25, -0.2) is 9.67 Å². The number of nitrogens with two attached hydrogens (primary N) is 1. The van der Waals surface area contributed by atoms with Gasteiger partial charge < -0.3 is 11.1 Å². The van der Waals surface area contributed by atoms with Crippen molar-refractivity contribution in [3.63, 3.8) is 0 Å². The lowest BCUT2D eigenvalue weighted by molar-refractivity contribution is -0.116. The van der Waals surface area contributed by atoms with Crippen molar-refractivity contribution in [2.24, 2.45) is 5.73 Å². The molecule has 21 heavy (non-hydrogen) atoms. The number of amides is 1. The second kappa shape index (κ2) is 6.24. The maximum atomic E-state index is 12.0. The molecule has 0 aliphatic carbocycles. The first-order valence-electron chi connectivity index (χ1n) is 6.58. The molecule has 0 unspecified atom stereocenters. The van der Waals surface area contributed by atoms with Crippen LogP contribution in [-0.2, 0) is 4.79 Å². The molecule has 0 saturated carbocycles. The largest absolute Gasteiger partial charge is 0.326 e. The first-order valence-corrected chi connectivity index (χ1v) is 6.96. The van der Waals surface area contributed by atoms with E-state index >= 15 is 0 Å². The van der Waals surface area contributed by atoms with Gasteiger partial charge in [-0.3, -0.25) is 4.79 Å². The Balaban J connectivity index is 2.16. The van der Waals surface area contributed by atoms with Crippen LogP contribution in [0.25, 0.3) is 5.69 Å². The number of rotatable bonds is 5. The topological polar surface area (TPSA) is 85.8 Å². The van der Waals surface area contributed by atoms with E-state index in [-0.39, 0.29) is 11.4 Å². The first-order chi connectivity index (χ1) is 9.85. The molecule has 0 fully saturated rings. The predicted molar refractivity (Wildman–Crippen MR) is 82.5 cm³/mol. The summed E-state index contributed by atoms with van der Waals surface area (Å²) in [6.07, 6.45) is 3.92. The minimum Gasteiger partial charge on any atom is -0.326 e. The van der Waals surface area contributed by atoms with Crippen molar-refractivity contribution in [2.45, 2.75) is 32.2 Å². The van der Waals surface area contributed by atoms with Crippen LogP contribution in [0.3, 0.4) is 0 Å². The fraction of sp³-hybridized carbons (Fsp3) is 0.357. The number of hydrogen-bond donors (Lipinski definition) is 2. The van der Waals surface area contributed by atoms with E-state index in [0.717, 1.165) is 0 Å². The number of nitrogens with zero attached hydrogens (tertiary/aromatic N) is 3. The molecular weight excluding hydrogens is 290 g/mol. The summed E-state index contributed by atoms with van der Waals surface area (Å²) in [5.41, 5.74) is 6.81. The molecule has 1 amide bonds. The van der Waals surface area contributed by atoms with Gasteiger partial charge in [-0.15, -0.1) is 0 Å². The number of hydrogen-bond acceptors (Lipinski definition) is 4. The average molecular weight is 308 g/mol. The summed E-state index contributed by atoms with van der Waals surface area (Å²) in [5, 5.41) is 7.44. The predicted octanol–water partition coefficient (Wildman–Crippen LogP) is 2.38. The SMILES string of the molecule is CC(C)(N)CCC(=O)Nc1cc(Cl)ccc1-n1cncn1. The Morgan fingerprint density at radius 1 is 1.48 bits per heavy atom. The van der Waals surface area contributed by atoms with E-state index < -0.39 is 0 Å². The van der Waals surface area contributed by atoms with E-state index in [0.29, 0.717) is 29.2 Å². The smallest absolute Gasteiger partial charge is 0.224 e. The second-order valence-corrected chi connectivity index (χ2v) is 5.97. The van der Waals surface area contributed by atoms with Gasteiger partial charge in [0.1, 0.15) is 12.7 Å². The lowest BCUT2D eigenvalue weighted by Crippen LogP contribution is -2.33. The summed E-state index contributed by atoms with van der Waals surface area (Å²) in [6.45, 7) is 3.78. The molecule has 1 heterocycles. The van der Waals surface area contributed by atoms with Gasteiger partial charge in [0.15, 0.2) is 0 Å². The molecule has 7 heteroatoms. The number of carbonyl (C=O) groups excluding carboxylic acids is 1. The number of halogens is 1. The lowest BCUT2D eigenvalue weighted by Gasteiger charge is -2.18. The summed E-state index contributed by atoms with van der Waals surface area (Å²) in [4.78, 5) is 15.9. The van der Waals surface area contributed by atoms with Gasteiger partial charge in [-0.1, -0.05) is 11.6 Å². The van der Waals surface area contributed by atoms with Crippen molar-refractivity contribution >= 4 is 23.2 Å². The molecule has 0 bridgehead atoms. The Morgan fingerprint density at radius 2 is 2.24 bits per heavy atom. The summed E-state index contributed by atoms with van der Waals surface area (Å²) < 4.78 is 1.57. The normalized spacial score (nSPS) is 11.4. The highest BCUT2D eigenvalue weighted by atomic mass is 35.5. The number of anilines is 1. The van der Waals surface area contributed by atoms with Crippen LogP contribution in [0.1, 0.15) is 26.7 Å². The molecule has 0 aliphatic heterocycles. The zero-order valence-corrected chi connectivity index (χ0v) is 12.8. The molecule has 112 valence electrons. The minimum absolute atomic E-state index is 0.114. The van der Waals surface area contributed by atoms with Crippen LogP contribution in [-0.4, -0.2) is 26.2 Å². The van der Waals surface area contributed by atoms with Crippen LogP contribution < -0.4 is 11.1 Å². The third-order valence-corrected chi connectivity index (χ3v) is 3.13. The fourth-order valence-electron chi connectivity index (χ4n) is 1.79. The zero-order valence-electron chi connectivity index (χ0n) is 12.0. The van der Waals surface area contributed by atoms with Crippen molar-refractivity contribution in [2.75, 3.05) is 5.32 Å². The van der Waals surface area contributed by atoms with Gasteiger partial charge in [0.05, 0.1) is 11.4 Å². The number of benzene rings is 1. The van der Waals surface area contributed by atoms with Gasteiger partial charge in [-0.05, 0) is 38.5 Å². The highest BCUT2D eigenvalue weighted by molar-refractivity contribution is 6.31. The van der Waals surface area contributed by atoms with Crippen molar-refractivity contribution in [3.05, 3.63) is 35.9 Å². The van der Waals surface area contributed by atoms with Crippen LogP contribution in [0, 0.1) is 0 Å². The molecule has 2 rings (SSSR count). The standard InChI is InChI=1S/C14H18ClN5O/c1-14(2,16)6-5-13(21)19-11-7-10(15)3-4-12(11)20-9-17-8-18-20/h3-4,7-9H,5-6,16H2,1-2H3,(H,19,21). The van der Waals surface area contributed by atoms with E-state index in [2.05, 4.69) is 15.4 Å². The van der Waals surface area contributed by atoms with Crippen LogP contribution in [0.2, 0.25) is 5.02 Å². The molecule has 3 N–H and O–H groups in total. The molecule has 1 aromatic heterocycles. The van der Waals surface area contributed by atoms with Gasteiger partial charge in [-0.2, -0.15) is 5.10 Å². The molecule has 0 aliphatic rings. The van der Waals surface area contributed by atoms with Crippen molar-refractivity contribution < 1.29 is 4.79 Å². The lowest BCUT2D eigenvalue weighted by atomic mass is 10.00. The Hall–Kier alpha value is -1.92. The number of carbonyl (C=O) groups is 1. The molecule has 1 aromatic carbocycles. The Bertz CT molecular complexity index is 619. The van der Waals surface area contributed by atoms with Crippen molar-refractivity contribution in [1.29, 1.82) is 0 Å². The summed E-state index contributed by atoms with van der Waals surface area (Å²) in [5.74, 6) is -0.114. The Labute approximate surface area is 128 Å². The van der Waals surface area contributed by atoms with E-state index in [9.17, 15) is 4.79 Å². The van der Waals surface area contributed by atoms with Crippen LogP contribution in [0.4, 0.5) is 5.69 Å². The van der Waals surface area contributed by atoms with Gasteiger partial charge in [0.2, 0.25) is 5.91 Å². The number of aromatic nitrogens is 3. The quantitative estimate of drug-likeness (QED) is 0.888. The van der Waals surface area contributed by atoms with Gasteiger partial charge in [0, 0.05) is 17.0 Å². The van der Waals surface area contributed by atoms with Gasteiger partial charge in [0.25, 0.3) is 0 Å². The van der Waals surface area contributed by atoms with Crippen molar-refractivity contribution in [3.8, 4) is 5.69 Å². The zero-order chi connectivity index (χ0) is 15.5. The molecular formula is C14H18ClN5O. The maximum absolute atomic E-state index is 12.0. The van der Waals surface area contributed by atoms with E-state index in [1.54, 1.807) is 29.2 Å². The molecule has 2 aromatic rings. The second-order valence-electron chi connectivity index (χ2n) is 5.54. The first kappa shape index (κ1) is 15.5. The van der Waals surface area contributed by atoms with Crippen molar-refractivity contribution in [1.82, 2.24) is 14.8 Å². The van der Waals surface area contributed by atoms with Crippen LogP contribution in [0.15, 0.2) is 30.9 Å². The Kier molecular flexibility index (Phi) is 4.59. The molecule has 6 nitrogen and oxygen atoms in total. The molecule has 0 radical (unpaired) electrons. The highest BCUT2D eigenvalue weighted by Crippen LogP contribution is 2.24. The highest BCUT2D eigenvalue weighted by Gasteiger charge is 2.15. The summed E-state index contributed by atoms with van der Waals surface area (Å²) in [6, 6.07) is 5.20. The Morgan fingerprint density at radius 3 is 2.86 bits per heavy atom. The van der Waals surface area contributed by atoms with E-state index in [1.165, 1.54) is 6.33 Å². The monoisotopic (exact) mass is 307 g/mol. The van der Waals surface area contributed by atoms with E-state index in [4.69, 9.17) is 17.3 Å². The molecule has 0 saturated heterocycles. The minimum atomic E-state index is -0.375. The third kappa shape index (κ3) is 4.54. The molecule has 0 atom stereocenters. The van der Waals surface area contributed by atoms with Crippen LogP contribution >= 0.6 is 11.6 Å². The van der Waals surface area contributed by atoms with E-state index in [1.807, 2.05) is 13.8 Å². The van der Waals surface area contributed by atoms with Gasteiger partial charge >= 0.3 is 0 Å². The maximum Gasteiger partial charge on any atom is 0.224 e. The summed E-state index contributed by atoms with van der Waals surface area (Å²) >= 11 is 5.99. The summed E-state index contributed by atoms with van der Waals surface area (Å²) in [7, 11) is 0.